The Morgan fingerprint density at radius 3 is 2.54 bits per heavy atom. The molecule has 1 aromatic heterocycles. The van der Waals surface area contributed by atoms with Gasteiger partial charge in [0, 0.05) is 5.92 Å². The average Bonchev–Trinajstić information content (AvgIpc) is 2.20. The fraction of sp³-hybridized carbons (Fsp3) is 0.667. The van der Waals surface area contributed by atoms with E-state index in [0.717, 1.165) is 5.69 Å². The van der Waals surface area contributed by atoms with Crippen molar-refractivity contribution in [2.75, 3.05) is 0 Å². The molecular formula is C9H12ClN3. The first-order valence-corrected chi connectivity index (χ1v) is 5.09. The summed E-state index contributed by atoms with van der Waals surface area (Å²) in [6.07, 6.45) is 8.15. The molecule has 3 nitrogen and oxygen atoms in total. The van der Waals surface area contributed by atoms with Crippen LogP contribution in [0, 0.1) is 0 Å². The Morgan fingerprint density at radius 1 is 1.15 bits per heavy atom. The monoisotopic (exact) mass is 197 g/mol. The lowest BCUT2D eigenvalue weighted by Crippen LogP contribution is -2.07. The summed E-state index contributed by atoms with van der Waals surface area (Å²) in [5, 5.41) is 8.05. The van der Waals surface area contributed by atoms with Crippen LogP contribution in [0.3, 0.4) is 0 Å². The lowest BCUT2D eigenvalue weighted by atomic mass is 9.87. The Bertz CT molecular complexity index is 267. The summed E-state index contributed by atoms with van der Waals surface area (Å²) < 4.78 is 0. The number of nitrogens with zero attached hydrogens (tertiary/aromatic N) is 3. The number of hydrogen-bond acceptors (Lipinski definition) is 3. The van der Waals surface area contributed by atoms with Gasteiger partial charge in [-0.3, -0.25) is 0 Å². The van der Waals surface area contributed by atoms with Crippen molar-refractivity contribution in [2.45, 2.75) is 38.0 Å². The standard InChI is InChI=1S/C9H12ClN3/c10-9-11-6-8(12-13-9)7-4-2-1-3-5-7/h6-7H,1-5H2. The van der Waals surface area contributed by atoms with Gasteiger partial charge in [0.1, 0.15) is 0 Å². The summed E-state index contributed by atoms with van der Waals surface area (Å²) in [4.78, 5) is 3.95. The lowest BCUT2D eigenvalue weighted by molar-refractivity contribution is 0.432. The first-order valence-electron chi connectivity index (χ1n) is 4.71. The minimum Gasteiger partial charge on any atom is -0.223 e. The van der Waals surface area contributed by atoms with E-state index < -0.39 is 0 Å². The minimum atomic E-state index is 0.236. The molecule has 0 radical (unpaired) electrons. The number of halogens is 1. The molecule has 1 aliphatic carbocycles. The third-order valence-electron chi connectivity index (χ3n) is 2.57. The fourth-order valence-corrected chi connectivity index (χ4v) is 1.94. The zero-order chi connectivity index (χ0) is 9.10. The Kier molecular flexibility index (Phi) is 2.74. The molecule has 1 aliphatic rings. The molecule has 0 atom stereocenters. The van der Waals surface area contributed by atoms with Crippen molar-refractivity contribution in [2.24, 2.45) is 0 Å². The van der Waals surface area contributed by atoms with E-state index in [1.54, 1.807) is 6.20 Å². The zero-order valence-corrected chi connectivity index (χ0v) is 8.17. The number of hydrogen-bond donors (Lipinski definition) is 0. The van der Waals surface area contributed by atoms with Crippen LogP contribution < -0.4 is 0 Å². The van der Waals surface area contributed by atoms with Gasteiger partial charge in [0.15, 0.2) is 0 Å². The fourth-order valence-electron chi connectivity index (χ4n) is 1.86. The van der Waals surface area contributed by atoms with Crippen molar-refractivity contribution < 1.29 is 0 Å². The summed E-state index contributed by atoms with van der Waals surface area (Å²) in [5.74, 6) is 0.561. The smallest absolute Gasteiger partial charge is 0.223 e. The maximum atomic E-state index is 5.57. The maximum absolute atomic E-state index is 5.57. The van der Waals surface area contributed by atoms with Gasteiger partial charge in [0.05, 0.1) is 11.9 Å². The molecule has 0 saturated heterocycles. The van der Waals surface area contributed by atoms with Crippen LogP contribution in [0.2, 0.25) is 5.28 Å². The van der Waals surface area contributed by atoms with Crippen molar-refractivity contribution in [1.29, 1.82) is 0 Å². The molecule has 4 heteroatoms. The van der Waals surface area contributed by atoms with Crippen LogP contribution in [-0.2, 0) is 0 Å². The molecule has 0 amide bonds. The van der Waals surface area contributed by atoms with Crippen molar-refractivity contribution >= 4 is 11.6 Å². The number of aromatic nitrogens is 3. The highest BCUT2D eigenvalue weighted by molar-refractivity contribution is 6.28. The molecule has 0 bridgehead atoms. The maximum Gasteiger partial charge on any atom is 0.242 e. The van der Waals surface area contributed by atoms with Gasteiger partial charge in [-0.25, -0.2) is 4.98 Å². The van der Waals surface area contributed by atoms with Gasteiger partial charge in [0.25, 0.3) is 0 Å². The number of rotatable bonds is 1. The van der Waals surface area contributed by atoms with E-state index >= 15 is 0 Å². The van der Waals surface area contributed by atoms with Crippen LogP contribution in [0.15, 0.2) is 6.20 Å². The van der Waals surface area contributed by atoms with Gasteiger partial charge in [-0.2, -0.15) is 5.10 Å². The van der Waals surface area contributed by atoms with Crippen molar-refractivity contribution in [1.82, 2.24) is 15.2 Å². The highest BCUT2D eigenvalue weighted by Gasteiger charge is 2.17. The van der Waals surface area contributed by atoms with Crippen molar-refractivity contribution in [3.8, 4) is 0 Å². The molecule has 1 fully saturated rings. The van der Waals surface area contributed by atoms with E-state index in [1.165, 1.54) is 32.1 Å². The van der Waals surface area contributed by atoms with Crippen LogP contribution >= 0.6 is 11.6 Å². The van der Waals surface area contributed by atoms with Gasteiger partial charge in [-0.1, -0.05) is 19.3 Å². The second kappa shape index (κ2) is 4.01. The molecule has 0 spiro atoms. The normalized spacial score (nSPS) is 18.8. The largest absolute Gasteiger partial charge is 0.242 e. The van der Waals surface area contributed by atoms with Crippen molar-refractivity contribution in [3.05, 3.63) is 17.2 Å². The van der Waals surface area contributed by atoms with E-state index in [0.29, 0.717) is 5.92 Å². The summed E-state index contributed by atoms with van der Waals surface area (Å²) in [6, 6.07) is 0. The summed E-state index contributed by atoms with van der Waals surface area (Å²) >= 11 is 5.57. The van der Waals surface area contributed by atoms with Gasteiger partial charge in [-0.05, 0) is 24.4 Å². The highest BCUT2D eigenvalue weighted by Crippen LogP contribution is 2.30. The Labute approximate surface area is 82.5 Å². The van der Waals surface area contributed by atoms with Gasteiger partial charge in [-0.15, -0.1) is 5.10 Å². The second-order valence-corrected chi connectivity index (χ2v) is 3.83. The van der Waals surface area contributed by atoms with E-state index in [-0.39, 0.29) is 5.28 Å². The minimum absolute atomic E-state index is 0.236. The molecule has 13 heavy (non-hydrogen) atoms. The molecule has 0 aromatic carbocycles. The van der Waals surface area contributed by atoms with Crippen LogP contribution in [0.25, 0.3) is 0 Å². The SMILES string of the molecule is Clc1ncc(C2CCCCC2)nn1. The molecule has 0 N–H and O–H groups in total. The topological polar surface area (TPSA) is 38.7 Å². The van der Waals surface area contributed by atoms with E-state index in [2.05, 4.69) is 15.2 Å². The van der Waals surface area contributed by atoms with Crippen LogP contribution in [-0.4, -0.2) is 15.2 Å². The molecule has 0 unspecified atom stereocenters. The van der Waals surface area contributed by atoms with E-state index in [4.69, 9.17) is 11.6 Å². The molecule has 1 aromatic rings. The van der Waals surface area contributed by atoms with E-state index in [9.17, 15) is 0 Å². The Morgan fingerprint density at radius 2 is 1.92 bits per heavy atom. The predicted molar refractivity (Wildman–Crippen MR) is 50.7 cm³/mol. The lowest BCUT2D eigenvalue weighted by Gasteiger charge is -2.19. The van der Waals surface area contributed by atoms with Crippen molar-refractivity contribution in [3.63, 3.8) is 0 Å². The molecular weight excluding hydrogens is 186 g/mol. The molecule has 2 rings (SSSR count). The summed E-state index contributed by atoms with van der Waals surface area (Å²) in [7, 11) is 0. The molecule has 1 saturated carbocycles. The molecule has 0 aliphatic heterocycles. The zero-order valence-electron chi connectivity index (χ0n) is 7.41. The van der Waals surface area contributed by atoms with Crippen LogP contribution in [0.5, 0.6) is 0 Å². The third-order valence-corrected chi connectivity index (χ3v) is 2.75. The van der Waals surface area contributed by atoms with Gasteiger partial charge in [0.2, 0.25) is 5.28 Å². The van der Waals surface area contributed by atoms with Gasteiger partial charge >= 0.3 is 0 Å². The quantitative estimate of drug-likeness (QED) is 0.695. The second-order valence-electron chi connectivity index (χ2n) is 3.49. The predicted octanol–water partition coefficient (Wildman–Crippen LogP) is 2.57. The van der Waals surface area contributed by atoms with E-state index in [1.807, 2.05) is 0 Å². The summed E-state index contributed by atoms with van der Waals surface area (Å²) in [5.41, 5.74) is 1.00. The summed E-state index contributed by atoms with van der Waals surface area (Å²) in [6.45, 7) is 0. The molecule has 1 heterocycles. The highest BCUT2D eigenvalue weighted by atomic mass is 35.5. The Hall–Kier alpha value is -0.700. The van der Waals surface area contributed by atoms with Crippen LogP contribution in [0.1, 0.15) is 43.7 Å². The van der Waals surface area contributed by atoms with Crippen LogP contribution in [0.4, 0.5) is 0 Å². The first-order chi connectivity index (χ1) is 6.36. The Balaban J connectivity index is 2.10. The molecule has 70 valence electrons. The van der Waals surface area contributed by atoms with Gasteiger partial charge < -0.3 is 0 Å². The average molecular weight is 198 g/mol. The third kappa shape index (κ3) is 2.15. The first kappa shape index (κ1) is 8.88.